The standard InChI is InChI=1S/C17H27N3O3S/c1-12-10-13(2)19-15(18-12)24(22)11-14-8-6-7-9-20(14)16(21)23-17(3,4)5/h10,14H,6-9,11H2,1-5H3/t14-,24+/m0/s1. The largest absolute Gasteiger partial charge is 0.444 e. The van der Waals surface area contributed by atoms with Crippen molar-refractivity contribution in [3.8, 4) is 0 Å². The minimum absolute atomic E-state index is 0.0983. The van der Waals surface area contributed by atoms with E-state index in [1.54, 1.807) is 4.90 Å². The summed E-state index contributed by atoms with van der Waals surface area (Å²) in [6.45, 7) is 9.93. The van der Waals surface area contributed by atoms with Crippen LogP contribution in [0.2, 0.25) is 0 Å². The van der Waals surface area contributed by atoms with Gasteiger partial charge in [0.15, 0.2) is 0 Å². The summed E-state index contributed by atoms with van der Waals surface area (Å²) in [5, 5.41) is 0.349. The van der Waals surface area contributed by atoms with Gasteiger partial charge in [-0.15, -0.1) is 0 Å². The summed E-state index contributed by atoms with van der Waals surface area (Å²) < 4.78 is 18.2. The summed E-state index contributed by atoms with van der Waals surface area (Å²) in [6.07, 6.45) is 2.47. The van der Waals surface area contributed by atoms with E-state index in [2.05, 4.69) is 9.97 Å². The van der Waals surface area contributed by atoms with Crippen LogP contribution >= 0.6 is 0 Å². The Hall–Kier alpha value is -1.50. The van der Waals surface area contributed by atoms with E-state index in [1.165, 1.54) is 0 Å². The van der Waals surface area contributed by atoms with Crippen molar-refractivity contribution in [1.82, 2.24) is 14.9 Å². The Bertz CT molecular complexity index is 608. The topological polar surface area (TPSA) is 72.4 Å². The lowest BCUT2D eigenvalue weighted by Gasteiger charge is -2.36. The highest BCUT2D eigenvalue weighted by Crippen LogP contribution is 2.22. The second-order valence-corrected chi connectivity index (χ2v) is 8.66. The fourth-order valence-electron chi connectivity index (χ4n) is 2.78. The SMILES string of the molecule is Cc1cc(C)nc([S@](=O)C[C@@H]2CCCCN2C(=O)OC(C)(C)C)n1. The van der Waals surface area contributed by atoms with Crippen molar-refractivity contribution in [3.05, 3.63) is 17.5 Å². The Morgan fingerprint density at radius 2 is 1.92 bits per heavy atom. The Labute approximate surface area is 146 Å². The molecule has 1 aliphatic heterocycles. The molecule has 0 aliphatic carbocycles. The number of hydrogen-bond acceptors (Lipinski definition) is 5. The molecule has 134 valence electrons. The first-order valence-electron chi connectivity index (χ1n) is 8.36. The van der Waals surface area contributed by atoms with Crippen LogP contribution in [0.4, 0.5) is 4.79 Å². The minimum atomic E-state index is -1.33. The second-order valence-electron chi connectivity index (χ2n) is 7.27. The number of likely N-dealkylation sites (tertiary alicyclic amines) is 1. The van der Waals surface area contributed by atoms with Gasteiger partial charge in [0.25, 0.3) is 0 Å². The number of amides is 1. The molecule has 0 bridgehead atoms. The van der Waals surface area contributed by atoms with E-state index in [4.69, 9.17) is 4.74 Å². The fraction of sp³-hybridized carbons (Fsp3) is 0.706. The molecule has 2 rings (SSSR count). The molecular weight excluding hydrogens is 326 g/mol. The van der Waals surface area contributed by atoms with Gasteiger partial charge in [0.05, 0.1) is 16.6 Å². The molecule has 7 heteroatoms. The van der Waals surface area contributed by atoms with Crippen LogP contribution < -0.4 is 0 Å². The third-order valence-corrected chi connectivity index (χ3v) is 5.04. The predicted molar refractivity (Wildman–Crippen MR) is 93.4 cm³/mol. The summed E-state index contributed by atoms with van der Waals surface area (Å²) in [5.41, 5.74) is 1.08. The van der Waals surface area contributed by atoms with Crippen molar-refractivity contribution < 1.29 is 13.7 Å². The van der Waals surface area contributed by atoms with Gasteiger partial charge in [-0.25, -0.2) is 14.8 Å². The van der Waals surface area contributed by atoms with Crippen molar-refractivity contribution in [2.24, 2.45) is 0 Å². The van der Waals surface area contributed by atoms with Crippen molar-refractivity contribution in [2.75, 3.05) is 12.3 Å². The quantitative estimate of drug-likeness (QED) is 0.781. The maximum Gasteiger partial charge on any atom is 0.410 e. The second kappa shape index (κ2) is 7.59. The van der Waals surface area contributed by atoms with Crippen LogP contribution in [0, 0.1) is 13.8 Å². The molecule has 0 radical (unpaired) electrons. The first kappa shape index (κ1) is 18.8. The van der Waals surface area contributed by atoms with E-state index in [0.717, 1.165) is 30.7 Å². The number of carbonyl (C=O) groups excluding carboxylic acids is 1. The number of nitrogens with zero attached hydrogens (tertiary/aromatic N) is 3. The van der Waals surface area contributed by atoms with Crippen LogP contribution in [0.1, 0.15) is 51.4 Å². The van der Waals surface area contributed by atoms with Gasteiger partial charge < -0.3 is 9.64 Å². The molecule has 24 heavy (non-hydrogen) atoms. The number of piperidine rings is 1. The molecule has 0 aromatic carbocycles. The van der Waals surface area contributed by atoms with Crippen molar-refractivity contribution in [2.45, 2.75) is 70.7 Å². The highest BCUT2D eigenvalue weighted by Gasteiger charge is 2.32. The molecule has 1 amide bonds. The molecule has 2 atom stereocenters. The van der Waals surface area contributed by atoms with Gasteiger partial charge >= 0.3 is 6.09 Å². The maximum absolute atomic E-state index is 12.7. The Morgan fingerprint density at radius 1 is 1.29 bits per heavy atom. The molecule has 2 heterocycles. The van der Waals surface area contributed by atoms with Crippen LogP contribution in [0.25, 0.3) is 0 Å². The van der Waals surface area contributed by atoms with Crippen molar-refractivity contribution >= 4 is 16.9 Å². The number of aryl methyl sites for hydroxylation is 2. The first-order valence-corrected chi connectivity index (χ1v) is 9.68. The number of rotatable bonds is 3. The number of ether oxygens (including phenoxy) is 1. The molecule has 0 unspecified atom stereocenters. The molecule has 0 spiro atoms. The smallest absolute Gasteiger partial charge is 0.410 e. The van der Waals surface area contributed by atoms with E-state index in [9.17, 15) is 9.00 Å². The average Bonchev–Trinajstić information content (AvgIpc) is 2.44. The van der Waals surface area contributed by atoms with Crippen LogP contribution in [0.5, 0.6) is 0 Å². The normalized spacial score (nSPS) is 19.9. The molecule has 1 fully saturated rings. The molecular formula is C17H27N3O3S. The zero-order valence-corrected chi connectivity index (χ0v) is 16.0. The molecule has 1 aromatic heterocycles. The van der Waals surface area contributed by atoms with E-state index in [0.29, 0.717) is 17.5 Å². The minimum Gasteiger partial charge on any atom is -0.444 e. The number of aromatic nitrogens is 2. The van der Waals surface area contributed by atoms with E-state index >= 15 is 0 Å². The lowest BCUT2D eigenvalue weighted by Crippen LogP contribution is -2.48. The first-order chi connectivity index (χ1) is 11.2. The number of carbonyl (C=O) groups is 1. The van der Waals surface area contributed by atoms with E-state index < -0.39 is 16.4 Å². The Kier molecular flexibility index (Phi) is 5.96. The van der Waals surface area contributed by atoms with Gasteiger partial charge in [-0.2, -0.15) is 0 Å². The summed E-state index contributed by atoms with van der Waals surface area (Å²) in [5.74, 6) is 0.349. The average molecular weight is 353 g/mol. The van der Waals surface area contributed by atoms with Gasteiger partial charge in [0.2, 0.25) is 5.16 Å². The monoisotopic (exact) mass is 353 g/mol. The van der Waals surface area contributed by atoms with Gasteiger partial charge in [0.1, 0.15) is 5.60 Å². The highest BCUT2D eigenvalue weighted by molar-refractivity contribution is 7.84. The van der Waals surface area contributed by atoms with Gasteiger partial charge in [-0.3, -0.25) is 4.21 Å². The molecule has 0 saturated carbocycles. The zero-order valence-electron chi connectivity index (χ0n) is 15.2. The Morgan fingerprint density at radius 3 is 2.50 bits per heavy atom. The molecule has 1 saturated heterocycles. The van der Waals surface area contributed by atoms with Gasteiger partial charge in [-0.1, -0.05) is 0 Å². The molecule has 1 aromatic rings. The molecule has 6 nitrogen and oxygen atoms in total. The maximum atomic E-state index is 12.7. The Balaban J connectivity index is 2.10. The summed E-state index contributed by atoms with van der Waals surface area (Å²) in [4.78, 5) is 22.7. The van der Waals surface area contributed by atoms with E-state index in [-0.39, 0.29) is 12.1 Å². The van der Waals surface area contributed by atoms with Crippen LogP contribution in [-0.4, -0.2) is 49.1 Å². The van der Waals surface area contributed by atoms with Gasteiger partial charge in [-0.05, 0) is 59.9 Å². The van der Waals surface area contributed by atoms with Gasteiger partial charge in [0, 0.05) is 24.0 Å². The third-order valence-electron chi connectivity index (χ3n) is 3.76. The fourth-order valence-corrected chi connectivity index (χ4v) is 4.12. The third kappa shape index (κ3) is 5.26. The van der Waals surface area contributed by atoms with Crippen molar-refractivity contribution in [3.63, 3.8) is 0 Å². The van der Waals surface area contributed by atoms with Crippen LogP contribution in [-0.2, 0) is 15.5 Å². The number of hydrogen-bond donors (Lipinski definition) is 0. The lowest BCUT2D eigenvalue weighted by molar-refractivity contribution is 0.0125. The summed E-state index contributed by atoms with van der Waals surface area (Å²) in [6, 6.07) is 1.76. The van der Waals surface area contributed by atoms with Crippen molar-refractivity contribution in [1.29, 1.82) is 0 Å². The molecule has 1 aliphatic rings. The lowest BCUT2D eigenvalue weighted by atomic mass is 10.0. The predicted octanol–water partition coefficient (Wildman–Crippen LogP) is 2.99. The van der Waals surface area contributed by atoms with Crippen LogP contribution in [0.15, 0.2) is 11.2 Å². The zero-order chi connectivity index (χ0) is 17.9. The summed E-state index contributed by atoms with van der Waals surface area (Å²) >= 11 is 0. The van der Waals surface area contributed by atoms with Crippen LogP contribution in [0.3, 0.4) is 0 Å². The van der Waals surface area contributed by atoms with E-state index in [1.807, 2.05) is 40.7 Å². The molecule has 0 N–H and O–H groups in total. The summed E-state index contributed by atoms with van der Waals surface area (Å²) in [7, 11) is -1.33. The highest BCUT2D eigenvalue weighted by atomic mass is 32.2.